The molecule has 0 unspecified atom stereocenters. The van der Waals surface area contributed by atoms with E-state index in [9.17, 15) is 35.1 Å². The second kappa shape index (κ2) is 6.84. The number of hydrogen-bond donors (Lipinski definition) is 0. The van der Waals surface area contributed by atoms with Gasteiger partial charge in [0.25, 0.3) is 0 Å². The van der Waals surface area contributed by atoms with Crippen LogP contribution in [0.25, 0.3) is 27.7 Å². The van der Waals surface area contributed by atoms with Crippen molar-refractivity contribution in [3.63, 3.8) is 0 Å². The Hall–Kier alpha value is -2.93. The highest BCUT2D eigenvalue weighted by Crippen LogP contribution is 2.41. The molecule has 0 aliphatic heterocycles. The van der Waals surface area contributed by atoms with Gasteiger partial charge in [-0.1, -0.05) is 18.2 Å². The maximum Gasteiger partial charge on any atom is 0.199 e. The minimum Gasteiger partial charge on any atom is -0.288 e. The Balaban J connectivity index is 2.19. The highest BCUT2D eigenvalue weighted by atomic mass is 31.0. The van der Waals surface area contributed by atoms with Crippen LogP contribution in [-0.2, 0) is 0 Å². The van der Waals surface area contributed by atoms with Crippen molar-refractivity contribution in [2.24, 2.45) is 0 Å². The first kappa shape index (κ1) is 19.4. The van der Waals surface area contributed by atoms with Crippen LogP contribution in [0.5, 0.6) is 0 Å². The molecule has 1 heterocycles. The lowest BCUT2D eigenvalue weighted by molar-refractivity contribution is 0.404. The number of nitrogens with zero attached hydrogens (tertiary/aromatic N) is 1. The van der Waals surface area contributed by atoms with E-state index in [0.717, 1.165) is 4.33 Å². The third-order valence-corrected chi connectivity index (χ3v) is 5.34. The third kappa shape index (κ3) is 2.80. The Bertz CT molecular complexity index is 1300. The van der Waals surface area contributed by atoms with Crippen LogP contribution >= 0.6 is 8.35 Å². The van der Waals surface area contributed by atoms with Crippen LogP contribution in [0.3, 0.4) is 0 Å². The fraction of sp³-hybridized carbons (Fsp3) is 0. The van der Waals surface area contributed by atoms with Gasteiger partial charge in [0.2, 0.25) is 0 Å². The molecule has 0 N–H and O–H groups in total. The van der Waals surface area contributed by atoms with Crippen LogP contribution in [0.1, 0.15) is 0 Å². The van der Waals surface area contributed by atoms with Crippen molar-refractivity contribution in [2.45, 2.75) is 0 Å². The van der Waals surface area contributed by atoms with Crippen molar-refractivity contribution in [3.8, 4) is 16.8 Å². The van der Waals surface area contributed by atoms with Crippen molar-refractivity contribution in [1.29, 1.82) is 0 Å². The predicted molar refractivity (Wildman–Crippen MR) is 90.9 cm³/mol. The van der Waals surface area contributed by atoms with Crippen molar-refractivity contribution < 1.29 is 35.1 Å². The normalized spacial score (nSPS) is 11.7. The molecule has 10 heteroatoms. The molecule has 0 aliphatic carbocycles. The standard InChI is InChI=1S/C19H6F8NP/c20-9-5-8(12(21)15(24)13(9)22)11-14(23)16(25)17(26)18(27)19(11)28-10-4-2-1-3-7(10)6-29-28/h1-6H. The minimum atomic E-state index is -2.31. The van der Waals surface area contributed by atoms with Gasteiger partial charge in [0.15, 0.2) is 46.5 Å². The van der Waals surface area contributed by atoms with Crippen molar-refractivity contribution in [2.75, 3.05) is 0 Å². The molecule has 1 nitrogen and oxygen atoms in total. The predicted octanol–water partition coefficient (Wildman–Crippen LogP) is 6.99. The summed E-state index contributed by atoms with van der Waals surface area (Å²) in [7, 11) is 0.138. The number of rotatable bonds is 2. The summed E-state index contributed by atoms with van der Waals surface area (Å²) in [5.74, 6) is -15.5. The zero-order valence-electron chi connectivity index (χ0n) is 13.9. The SMILES string of the molecule is Fc1cc(-c2c(F)c(F)c(F)c(F)c2-n2pcc3ccccc32)c(F)c(F)c1F. The molecule has 148 valence electrons. The van der Waals surface area contributed by atoms with Gasteiger partial charge >= 0.3 is 0 Å². The van der Waals surface area contributed by atoms with E-state index in [2.05, 4.69) is 0 Å². The first-order valence-corrected chi connectivity index (χ1v) is 8.78. The fourth-order valence-electron chi connectivity index (χ4n) is 2.97. The van der Waals surface area contributed by atoms with Gasteiger partial charge in [0.05, 0.1) is 16.8 Å². The molecule has 4 rings (SSSR count). The number of halogens is 8. The van der Waals surface area contributed by atoms with E-state index in [1.54, 1.807) is 12.1 Å². The zero-order chi connectivity index (χ0) is 21.0. The molecule has 0 radical (unpaired) electrons. The summed E-state index contributed by atoms with van der Waals surface area (Å²) < 4.78 is 113. The summed E-state index contributed by atoms with van der Waals surface area (Å²) in [6, 6.07) is 6.23. The van der Waals surface area contributed by atoms with Gasteiger partial charge in [-0.05, 0) is 17.9 Å². The highest BCUT2D eigenvalue weighted by Gasteiger charge is 2.31. The van der Waals surface area contributed by atoms with Crippen LogP contribution in [-0.4, -0.2) is 4.33 Å². The second-order valence-electron chi connectivity index (χ2n) is 5.94. The maximum atomic E-state index is 14.7. The van der Waals surface area contributed by atoms with Crippen molar-refractivity contribution >= 4 is 19.3 Å². The lowest BCUT2D eigenvalue weighted by Gasteiger charge is -2.16. The zero-order valence-corrected chi connectivity index (χ0v) is 14.8. The molecular weight excluding hydrogens is 425 g/mol. The van der Waals surface area contributed by atoms with E-state index in [0.29, 0.717) is 5.39 Å². The molecule has 0 saturated carbocycles. The number of fused-ring (bicyclic) bond motifs is 1. The van der Waals surface area contributed by atoms with E-state index < -0.39 is 63.4 Å². The molecule has 0 amide bonds. The smallest absolute Gasteiger partial charge is 0.199 e. The molecule has 0 saturated heterocycles. The summed E-state index contributed by atoms with van der Waals surface area (Å²) >= 11 is 0. The van der Waals surface area contributed by atoms with Crippen molar-refractivity contribution in [3.05, 3.63) is 82.7 Å². The molecule has 0 aliphatic rings. The van der Waals surface area contributed by atoms with Crippen LogP contribution in [0.4, 0.5) is 35.1 Å². The molecule has 3 aromatic carbocycles. The molecule has 0 atom stereocenters. The molecule has 29 heavy (non-hydrogen) atoms. The first-order valence-electron chi connectivity index (χ1n) is 7.86. The summed E-state index contributed by atoms with van der Waals surface area (Å²) in [5.41, 5.74) is -3.35. The third-order valence-electron chi connectivity index (χ3n) is 4.30. The van der Waals surface area contributed by atoms with E-state index >= 15 is 0 Å². The molecule has 4 aromatic rings. The van der Waals surface area contributed by atoms with Gasteiger partial charge in [0.1, 0.15) is 0 Å². The number of para-hydroxylation sites is 1. The fourth-order valence-corrected chi connectivity index (χ4v) is 4.04. The average molecular weight is 431 g/mol. The second-order valence-corrected chi connectivity index (χ2v) is 6.83. The highest BCUT2D eigenvalue weighted by molar-refractivity contribution is 7.26. The quantitative estimate of drug-likeness (QED) is 0.183. The summed E-state index contributed by atoms with van der Waals surface area (Å²) in [4.78, 5) is 0. The van der Waals surface area contributed by atoms with Gasteiger partial charge in [-0.15, -0.1) is 0 Å². The topological polar surface area (TPSA) is 4.93 Å². The molecular formula is C19H6F8NP. The summed E-state index contributed by atoms with van der Waals surface area (Å²) in [5, 5.41) is 0.515. The number of aromatic nitrogens is 1. The van der Waals surface area contributed by atoms with Gasteiger partial charge < -0.3 is 0 Å². The van der Waals surface area contributed by atoms with E-state index in [-0.39, 0.29) is 19.9 Å². The molecule has 0 fully saturated rings. The lowest BCUT2D eigenvalue weighted by Crippen LogP contribution is -2.09. The molecule has 0 spiro atoms. The first-order chi connectivity index (χ1) is 13.7. The van der Waals surface area contributed by atoms with Crippen molar-refractivity contribution in [1.82, 2.24) is 4.33 Å². The molecule has 1 aromatic heterocycles. The van der Waals surface area contributed by atoms with Gasteiger partial charge in [-0.25, -0.2) is 35.1 Å². The van der Waals surface area contributed by atoms with Crippen LogP contribution in [0, 0.1) is 46.5 Å². The van der Waals surface area contributed by atoms with Crippen LogP contribution < -0.4 is 0 Å². The average Bonchev–Trinajstić information content (AvgIpc) is 3.14. The Morgan fingerprint density at radius 1 is 0.655 bits per heavy atom. The van der Waals surface area contributed by atoms with Gasteiger partial charge in [-0.2, -0.15) is 0 Å². The summed E-state index contributed by atoms with van der Waals surface area (Å²) in [6.45, 7) is 0. The van der Waals surface area contributed by atoms with Crippen LogP contribution in [0.15, 0.2) is 36.1 Å². The van der Waals surface area contributed by atoms with E-state index in [4.69, 9.17) is 0 Å². The van der Waals surface area contributed by atoms with E-state index in [1.807, 2.05) is 0 Å². The van der Waals surface area contributed by atoms with Gasteiger partial charge in [-0.3, -0.25) is 4.33 Å². The monoisotopic (exact) mass is 431 g/mol. The largest absolute Gasteiger partial charge is 0.288 e. The lowest BCUT2D eigenvalue weighted by atomic mass is 10.00. The van der Waals surface area contributed by atoms with Gasteiger partial charge in [0, 0.05) is 19.3 Å². The number of hydrogen-bond acceptors (Lipinski definition) is 0. The Labute approximate surface area is 159 Å². The van der Waals surface area contributed by atoms with Crippen LogP contribution in [0.2, 0.25) is 0 Å². The minimum absolute atomic E-state index is 0.0506. The Morgan fingerprint density at radius 2 is 1.28 bits per heavy atom. The Kier molecular flexibility index (Phi) is 4.58. The van der Waals surface area contributed by atoms with E-state index in [1.165, 1.54) is 17.9 Å². The summed E-state index contributed by atoms with van der Waals surface area (Å²) in [6.07, 6.45) is 0. The number of benzene rings is 3. The Morgan fingerprint density at radius 3 is 2.00 bits per heavy atom. The molecule has 0 bridgehead atoms. The maximum absolute atomic E-state index is 14.7.